The van der Waals surface area contributed by atoms with E-state index in [-0.39, 0.29) is 31.8 Å². The Hall–Kier alpha value is -4.34. The van der Waals surface area contributed by atoms with Gasteiger partial charge in [-0.25, -0.2) is 4.98 Å². The maximum absolute atomic E-state index is 12.4. The third-order valence-corrected chi connectivity index (χ3v) is 5.74. The Morgan fingerprint density at radius 2 is 1.70 bits per heavy atom. The highest BCUT2D eigenvalue weighted by Gasteiger charge is 2.13. The van der Waals surface area contributed by atoms with E-state index in [1.807, 2.05) is 29.8 Å². The summed E-state index contributed by atoms with van der Waals surface area (Å²) >= 11 is 0. The first-order valence-corrected chi connectivity index (χ1v) is 11.5. The number of carbonyl (C=O) groups is 1. The molecule has 0 amide bonds. The summed E-state index contributed by atoms with van der Waals surface area (Å²) < 4.78 is 48.3. The number of fused-ring (bicyclic) bond motifs is 1. The van der Waals surface area contributed by atoms with Crippen LogP contribution < -0.4 is 18.9 Å². The first-order chi connectivity index (χ1) is 17.8. The second-order valence-electron chi connectivity index (χ2n) is 8.20. The van der Waals surface area contributed by atoms with Crippen molar-refractivity contribution in [2.45, 2.75) is 32.7 Å². The number of nitrogens with zero attached hydrogens (tertiary/aromatic N) is 2. The van der Waals surface area contributed by atoms with E-state index in [1.54, 1.807) is 37.4 Å². The van der Waals surface area contributed by atoms with Crippen LogP contribution in [0.4, 0.5) is 8.78 Å². The molecule has 4 aromatic rings. The third kappa shape index (κ3) is 6.66. The molecule has 0 aliphatic rings. The van der Waals surface area contributed by atoms with Crippen molar-refractivity contribution in [3.63, 3.8) is 0 Å². The van der Waals surface area contributed by atoms with Crippen molar-refractivity contribution in [3.05, 3.63) is 77.6 Å². The van der Waals surface area contributed by atoms with Gasteiger partial charge in [0.15, 0.2) is 0 Å². The van der Waals surface area contributed by atoms with Gasteiger partial charge in [0.25, 0.3) is 0 Å². The van der Waals surface area contributed by atoms with Crippen LogP contribution in [0.25, 0.3) is 11.0 Å². The van der Waals surface area contributed by atoms with E-state index >= 15 is 0 Å². The fraction of sp³-hybridized carbons (Fsp3) is 0.259. The van der Waals surface area contributed by atoms with E-state index in [1.165, 1.54) is 12.1 Å². The summed E-state index contributed by atoms with van der Waals surface area (Å²) in [6.07, 6.45) is 0.220. The van der Waals surface area contributed by atoms with Gasteiger partial charge in [0.05, 0.1) is 18.1 Å². The Bertz CT molecular complexity index is 1370. The van der Waals surface area contributed by atoms with Crippen molar-refractivity contribution in [1.29, 1.82) is 0 Å². The van der Waals surface area contributed by atoms with Gasteiger partial charge in [0.1, 0.15) is 42.0 Å². The minimum Gasteiger partial charge on any atom is -0.497 e. The molecule has 10 heteroatoms. The highest BCUT2D eigenvalue weighted by Crippen LogP contribution is 2.29. The molecule has 0 fully saturated rings. The number of benzene rings is 3. The summed E-state index contributed by atoms with van der Waals surface area (Å²) in [5.74, 6) is 1.58. The summed E-state index contributed by atoms with van der Waals surface area (Å²) in [4.78, 5) is 15.7. The molecule has 8 nitrogen and oxygen atoms in total. The molecule has 194 valence electrons. The highest BCUT2D eigenvalue weighted by molar-refractivity contribution is 5.77. The zero-order valence-electron chi connectivity index (χ0n) is 20.3. The lowest BCUT2D eigenvalue weighted by Crippen LogP contribution is -2.05. The second-order valence-corrected chi connectivity index (χ2v) is 8.20. The van der Waals surface area contributed by atoms with Crippen LogP contribution in [-0.4, -0.2) is 34.3 Å². The SMILES string of the molecule is COc1ccc2nc(COc3ccc(CCC(=O)O)c(OCc4ccc(OC(F)F)cc4)c3)n(C)c2c1. The number of methoxy groups -OCH3 is 1. The lowest BCUT2D eigenvalue weighted by atomic mass is 10.1. The van der Waals surface area contributed by atoms with Gasteiger partial charge in [0.2, 0.25) is 0 Å². The Balaban J connectivity index is 1.48. The number of carboxylic acid groups (broad SMARTS) is 1. The molecule has 0 radical (unpaired) electrons. The first kappa shape index (κ1) is 25.7. The Kier molecular flexibility index (Phi) is 8.07. The molecule has 1 heterocycles. The number of alkyl halides is 2. The third-order valence-electron chi connectivity index (χ3n) is 5.74. The van der Waals surface area contributed by atoms with Gasteiger partial charge in [-0.05, 0) is 47.9 Å². The molecule has 37 heavy (non-hydrogen) atoms. The number of hydrogen-bond acceptors (Lipinski definition) is 6. The zero-order valence-corrected chi connectivity index (χ0v) is 20.3. The summed E-state index contributed by atoms with van der Waals surface area (Å²) in [5, 5.41) is 9.10. The van der Waals surface area contributed by atoms with Crippen LogP contribution in [0, 0.1) is 0 Å². The van der Waals surface area contributed by atoms with Gasteiger partial charge < -0.3 is 28.6 Å². The van der Waals surface area contributed by atoms with Crippen LogP contribution in [0.1, 0.15) is 23.4 Å². The number of carboxylic acids is 1. The van der Waals surface area contributed by atoms with Crippen molar-refractivity contribution in [1.82, 2.24) is 9.55 Å². The quantitative estimate of drug-likeness (QED) is 0.273. The van der Waals surface area contributed by atoms with Gasteiger partial charge in [-0.2, -0.15) is 8.78 Å². The Labute approximate surface area is 212 Å². The van der Waals surface area contributed by atoms with E-state index in [0.717, 1.165) is 22.3 Å². The van der Waals surface area contributed by atoms with Crippen LogP contribution in [0.3, 0.4) is 0 Å². The lowest BCUT2D eigenvalue weighted by molar-refractivity contribution is -0.136. The van der Waals surface area contributed by atoms with Crippen molar-refractivity contribution >= 4 is 17.0 Å². The number of rotatable bonds is 12. The van der Waals surface area contributed by atoms with Crippen LogP contribution in [0.15, 0.2) is 60.7 Å². The number of halogens is 2. The van der Waals surface area contributed by atoms with Gasteiger partial charge in [-0.15, -0.1) is 0 Å². The maximum Gasteiger partial charge on any atom is 0.387 e. The number of aromatic nitrogens is 2. The number of hydrogen-bond donors (Lipinski definition) is 1. The molecule has 1 N–H and O–H groups in total. The number of aliphatic carboxylic acids is 1. The molecule has 0 aliphatic heterocycles. The maximum atomic E-state index is 12.4. The molecule has 0 saturated heterocycles. The predicted molar refractivity (Wildman–Crippen MR) is 131 cm³/mol. The van der Waals surface area contributed by atoms with E-state index in [2.05, 4.69) is 9.72 Å². The second kappa shape index (κ2) is 11.6. The molecule has 0 saturated carbocycles. The first-order valence-electron chi connectivity index (χ1n) is 11.5. The minimum atomic E-state index is -2.89. The van der Waals surface area contributed by atoms with E-state index < -0.39 is 12.6 Å². The fourth-order valence-corrected chi connectivity index (χ4v) is 3.76. The summed E-state index contributed by atoms with van der Waals surface area (Å²) in [6.45, 7) is -2.55. The van der Waals surface area contributed by atoms with Crippen LogP contribution in [-0.2, 0) is 31.5 Å². The van der Waals surface area contributed by atoms with E-state index in [9.17, 15) is 13.6 Å². The van der Waals surface area contributed by atoms with Crippen molar-refractivity contribution < 1.29 is 37.6 Å². The van der Waals surface area contributed by atoms with Gasteiger partial charge in [-0.3, -0.25) is 4.79 Å². The highest BCUT2D eigenvalue weighted by atomic mass is 19.3. The molecule has 0 spiro atoms. The van der Waals surface area contributed by atoms with Gasteiger partial charge in [0, 0.05) is 25.6 Å². The van der Waals surface area contributed by atoms with Crippen LogP contribution in [0.5, 0.6) is 23.0 Å². The lowest BCUT2D eigenvalue weighted by Gasteiger charge is -2.14. The summed E-state index contributed by atoms with van der Waals surface area (Å²) in [5.41, 5.74) is 3.17. The standard InChI is InChI=1S/C27H26F2N2O6/c1-31-23-13-20(34-2)10-11-22(23)30-25(31)16-35-21-9-5-18(6-12-26(32)33)24(14-21)36-15-17-3-7-19(8-4-17)37-27(28)29/h3-5,7-11,13-14,27H,6,12,15-16H2,1-2H3,(H,32,33). The molecule has 3 aromatic carbocycles. The topological polar surface area (TPSA) is 92.0 Å². The zero-order chi connectivity index (χ0) is 26.4. The van der Waals surface area contributed by atoms with Gasteiger partial charge >= 0.3 is 12.6 Å². The number of ether oxygens (including phenoxy) is 4. The summed E-state index contributed by atoms with van der Waals surface area (Å²) in [7, 11) is 3.51. The number of imidazole rings is 1. The molecule has 0 atom stereocenters. The fourth-order valence-electron chi connectivity index (χ4n) is 3.76. The van der Waals surface area contributed by atoms with Crippen LogP contribution >= 0.6 is 0 Å². The van der Waals surface area contributed by atoms with E-state index in [0.29, 0.717) is 22.9 Å². The smallest absolute Gasteiger partial charge is 0.387 e. The van der Waals surface area contributed by atoms with Crippen LogP contribution in [0.2, 0.25) is 0 Å². The molecule has 0 unspecified atom stereocenters. The minimum absolute atomic E-state index is 0.0525. The molecular formula is C27H26F2N2O6. The summed E-state index contributed by atoms with van der Waals surface area (Å²) in [6, 6.07) is 17.0. The number of aryl methyl sites for hydroxylation is 2. The predicted octanol–water partition coefficient (Wildman–Crippen LogP) is 5.36. The average molecular weight is 513 g/mol. The molecular weight excluding hydrogens is 486 g/mol. The Morgan fingerprint density at radius 3 is 2.41 bits per heavy atom. The van der Waals surface area contributed by atoms with E-state index in [4.69, 9.17) is 19.3 Å². The molecule has 1 aromatic heterocycles. The average Bonchev–Trinajstić information content (AvgIpc) is 3.20. The monoisotopic (exact) mass is 512 g/mol. The van der Waals surface area contributed by atoms with Crippen molar-refractivity contribution in [2.24, 2.45) is 7.05 Å². The van der Waals surface area contributed by atoms with Crippen molar-refractivity contribution in [2.75, 3.05) is 7.11 Å². The Morgan fingerprint density at radius 1 is 0.973 bits per heavy atom. The van der Waals surface area contributed by atoms with Gasteiger partial charge in [-0.1, -0.05) is 18.2 Å². The molecule has 0 bridgehead atoms. The normalized spacial score (nSPS) is 11.1. The largest absolute Gasteiger partial charge is 0.497 e. The molecule has 4 rings (SSSR count). The van der Waals surface area contributed by atoms with Crippen molar-refractivity contribution in [3.8, 4) is 23.0 Å². The molecule has 0 aliphatic carbocycles.